The van der Waals surface area contributed by atoms with Gasteiger partial charge in [0.05, 0.1) is 41.2 Å². The van der Waals surface area contributed by atoms with E-state index >= 15 is 0 Å². The Labute approximate surface area is 564 Å². The summed E-state index contributed by atoms with van der Waals surface area (Å²) >= 11 is 8.33. The largest absolute Gasteiger partial charge is 0.496 e. The number of hydrogen-bond donors (Lipinski definition) is 1. The Morgan fingerprint density at radius 1 is 0.500 bits per heavy atom. The molecule has 1 N–H and O–H groups in total. The molecule has 0 saturated carbocycles. The van der Waals surface area contributed by atoms with Crippen molar-refractivity contribution < 1.29 is 52.5 Å². The molecule has 1 saturated heterocycles. The summed E-state index contributed by atoms with van der Waals surface area (Å²) in [6, 6.07) is 24.3. The number of pyridine rings is 3. The number of aromatic nitrogens is 3. The number of aryl methyl sites for hydroxylation is 6. The summed E-state index contributed by atoms with van der Waals surface area (Å²) in [4.78, 5) is 56.9. The van der Waals surface area contributed by atoms with Gasteiger partial charge in [-0.25, -0.2) is 14.4 Å². The molecule has 3 unspecified atom stereocenters. The fourth-order valence-electron chi connectivity index (χ4n) is 10.9. The molecule has 9 aromatic rings. The number of rotatable bonds is 14. The van der Waals surface area contributed by atoms with Gasteiger partial charge in [-0.1, -0.05) is 72.8 Å². The highest BCUT2D eigenvalue weighted by molar-refractivity contribution is 9.10. The number of hydrogen-bond acceptors (Lipinski definition) is 16. The fourth-order valence-corrected chi connectivity index (χ4v) is 14.7. The molecule has 19 heteroatoms. The van der Waals surface area contributed by atoms with Gasteiger partial charge in [-0.3, -0.25) is 15.0 Å². The zero-order chi connectivity index (χ0) is 68.0. The quantitative estimate of drug-likeness (QED) is 0.0804. The third-order valence-corrected chi connectivity index (χ3v) is 19.1. The van der Waals surface area contributed by atoms with Crippen LogP contribution in [0.25, 0.3) is 54.6 Å². The second-order valence-electron chi connectivity index (χ2n) is 26.5. The highest BCUT2D eigenvalue weighted by Crippen LogP contribution is 2.47. The smallest absolute Gasteiger partial charge is 0.479 e. The number of carbonyl (C=O) groups is 3. The monoisotopic (exact) mass is 1370 g/mol. The summed E-state index contributed by atoms with van der Waals surface area (Å²) in [6.45, 7) is 41.7. The number of nitrogens with zero attached hydrogens (tertiary/aromatic N) is 3. The lowest BCUT2D eigenvalue weighted by molar-refractivity contribution is -0.167. The average Bonchev–Trinajstić information content (AvgIpc) is 1.59. The van der Waals surface area contributed by atoms with Gasteiger partial charge in [0.2, 0.25) is 0 Å². The Bertz CT molecular complexity index is 4050. The van der Waals surface area contributed by atoms with Crippen LogP contribution in [0.3, 0.4) is 0 Å². The van der Waals surface area contributed by atoms with Crippen molar-refractivity contribution >= 4 is 113 Å². The second-order valence-corrected chi connectivity index (χ2v) is 31.6. The topological polar surface area (TPSA) is 175 Å². The Hall–Kier alpha value is -6.26. The van der Waals surface area contributed by atoms with Crippen LogP contribution in [0.5, 0.6) is 0 Å². The van der Waals surface area contributed by atoms with Gasteiger partial charge < -0.3 is 38.1 Å². The highest BCUT2D eigenvalue weighted by Gasteiger charge is 2.54. The maximum atomic E-state index is 12.9. The van der Waals surface area contributed by atoms with Crippen LogP contribution in [0.2, 0.25) is 0 Å². The van der Waals surface area contributed by atoms with Crippen molar-refractivity contribution in [2.24, 2.45) is 0 Å². The van der Waals surface area contributed by atoms with Gasteiger partial charge in [-0.15, -0.1) is 34.0 Å². The normalized spacial score (nSPS) is 14.7. The SMILES string of the molecule is Brc1cncc2ccccc12.CCOC(=O)C(OC(C)(C)C)c1c(C)sc(C)c1-c1cncc2ccccc12.CCOC(=O)C(OC(C)(C)C)c1c(C)sc(C)c1B1OC(C)(C)C(C)(C)O1.Cc1sc(C)c(C(OC(C)(C)C)C(=O)O)c1-c1cncc2ccccc12. The number of esters is 2. The molecule has 3 atom stereocenters. The molecule has 0 spiro atoms. The third-order valence-electron chi connectivity index (χ3n) is 15.4. The van der Waals surface area contributed by atoms with Gasteiger partial charge >= 0.3 is 25.0 Å². The first-order valence-corrected chi connectivity index (χ1v) is 34.1. The number of halogens is 1. The molecule has 0 radical (unpaired) electrons. The molecule has 0 aliphatic carbocycles. The number of fused-ring (bicyclic) bond motifs is 3. The fraction of sp³-hybridized carbons (Fsp3) is 0.425. The molecule has 0 bridgehead atoms. The van der Waals surface area contributed by atoms with Gasteiger partial charge in [-0.05, 0) is 177 Å². The van der Waals surface area contributed by atoms with Gasteiger partial charge in [0, 0.05) is 131 Å². The maximum absolute atomic E-state index is 12.9. The van der Waals surface area contributed by atoms with Crippen molar-refractivity contribution in [3.8, 4) is 22.3 Å². The lowest BCUT2D eigenvalue weighted by atomic mass is 9.74. The van der Waals surface area contributed by atoms with Crippen LogP contribution in [-0.2, 0) is 47.4 Å². The van der Waals surface area contributed by atoms with E-state index in [0.717, 1.165) is 99.7 Å². The molecule has 10 rings (SSSR count). The van der Waals surface area contributed by atoms with E-state index in [0.29, 0.717) is 13.2 Å². The third kappa shape index (κ3) is 17.6. The maximum Gasteiger partial charge on any atom is 0.496 e. The van der Waals surface area contributed by atoms with Gasteiger partial charge in [0.1, 0.15) is 0 Å². The molecule has 1 aliphatic heterocycles. The molecule has 1 fully saturated rings. The van der Waals surface area contributed by atoms with Crippen LogP contribution >= 0.6 is 49.9 Å². The van der Waals surface area contributed by atoms with E-state index in [9.17, 15) is 19.5 Å². The number of carboxylic acids is 1. The lowest BCUT2D eigenvalue weighted by Gasteiger charge is -2.32. The molecule has 0 amide bonds. The molecular formula is C73H89BBrN3O11S3. The van der Waals surface area contributed by atoms with Gasteiger partial charge in [0.25, 0.3) is 0 Å². The zero-order valence-corrected chi connectivity index (χ0v) is 61.1. The lowest BCUT2D eigenvalue weighted by Crippen LogP contribution is -2.41. The number of carboxylic acid groups (broad SMARTS) is 1. The molecular weight excluding hydrogens is 1280 g/mol. The minimum atomic E-state index is -1.02. The van der Waals surface area contributed by atoms with E-state index < -0.39 is 59.4 Å². The Morgan fingerprint density at radius 2 is 0.837 bits per heavy atom. The summed E-state index contributed by atoms with van der Waals surface area (Å²) in [5.41, 5.74) is 4.74. The van der Waals surface area contributed by atoms with E-state index in [1.165, 1.54) is 10.8 Å². The number of aliphatic carboxylic acids is 1. The summed E-state index contributed by atoms with van der Waals surface area (Å²) in [6.07, 6.45) is 8.43. The summed E-state index contributed by atoms with van der Waals surface area (Å²) < 4.78 is 42.6. The van der Waals surface area contributed by atoms with E-state index in [-0.39, 0.29) is 11.9 Å². The van der Waals surface area contributed by atoms with Crippen molar-refractivity contribution in [1.82, 2.24) is 15.0 Å². The first-order chi connectivity index (χ1) is 43.0. The van der Waals surface area contributed by atoms with Crippen molar-refractivity contribution in [2.45, 2.75) is 192 Å². The molecule has 6 aromatic heterocycles. The molecule has 14 nitrogen and oxygen atoms in total. The van der Waals surface area contributed by atoms with Crippen molar-refractivity contribution in [3.63, 3.8) is 0 Å². The van der Waals surface area contributed by atoms with Crippen molar-refractivity contribution in [1.29, 1.82) is 0 Å². The van der Waals surface area contributed by atoms with Crippen LogP contribution in [0.4, 0.5) is 0 Å². The number of ether oxygens (including phenoxy) is 5. The van der Waals surface area contributed by atoms with E-state index in [1.54, 1.807) is 40.9 Å². The summed E-state index contributed by atoms with van der Waals surface area (Å²) in [5.74, 6) is -1.71. The summed E-state index contributed by atoms with van der Waals surface area (Å²) in [7, 11) is -0.546. The van der Waals surface area contributed by atoms with Gasteiger partial charge in [-0.2, -0.15) is 0 Å². The van der Waals surface area contributed by atoms with Crippen molar-refractivity contribution in [3.05, 3.63) is 160 Å². The molecule has 1 aliphatic rings. The van der Waals surface area contributed by atoms with Crippen LogP contribution in [0.15, 0.2) is 114 Å². The molecule has 3 aromatic carbocycles. The van der Waals surface area contributed by atoms with Crippen LogP contribution in [0.1, 0.15) is 168 Å². The van der Waals surface area contributed by atoms with Crippen molar-refractivity contribution in [2.75, 3.05) is 13.2 Å². The Kier molecular flexibility index (Phi) is 23.9. The van der Waals surface area contributed by atoms with Gasteiger partial charge in [0.15, 0.2) is 18.3 Å². The number of thiophene rings is 3. The minimum Gasteiger partial charge on any atom is -0.479 e. The molecule has 92 heavy (non-hydrogen) atoms. The minimum absolute atomic E-state index is 0.302. The molecule has 490 valence electrons. The number of benzene rings is 3. The molecule has 7 heterocycles. The predicted octanol–water partition coefficient (Wildman–Crippen LogP) is 18.6. The standard InChI is InChI=1S/C23H27NO3S.C21H23NO3S.C20H33BO5S.C9H6BrN/c1-7-26-22(25)21(27-23(4,5)6)20-15(3)28-14(2)19(20)18-13-24-12-16-10-8-9-11-17(16)18;1-12-17(16-11-22-10-14-8-6-7-9-15(14)16)18(13(2)26-12)19(20(23)24)25-21(3,4)5;1-11-23-17(22)16(24-18(4,5)6)14-12(2)27-13(3)15(14)21-25-19(7,8)20(9,10)26-21;10-9-6-11-5-7-3-1-2-4-8(7)9/h8-13,21H,7H2,1-6H3;6-11,19H,1-5H3,(H,23,24);16H,11H2,1-10H3;1-6H. The predicted molar refractivity (Wildman–Crippen MR) is 380 cm³/mol. The first-order valence-electron chi connectivity index (χ1n) is 30.9. The van der Waals surface area contributed by atoms with Crippen LogP contribution in [-0.4, -0.2) is 86.3 Å². The Balaban J connectivity index is 0.000000180. The van der Waals surface area contributed by atoms with E-state index in [2.05, 4.69) is 56.0 Å². The number of carbonyl (C=O) groups excluding carboxylic acids is 2. The summed E-state index contributed by atoms with van der Waals surface area (Å²) in [5, 5.41) is 16.5. The zero-order valence-electron chi connectivity index (χ0n) is 57.1. The van der Waals surface area contributed by atoms with E-state index in [4.69, 9.17) is 33.0 Å². The van der Waals surface area contributed by atoms with E-state index in [1.807, 2.05) is 223 Å². The average molecular weight is 1370 g/mol. The Morgan fingerprint density at radius 3 is 1.23 bits per heavy atom. The van der Waals surface area contributed by atoms with Crippen LogP contribution < -0.4 is 5.46 Å². The highest BCUT2D eigenvalue weighted by atomic mass is 79.9. The second kappa shape index (κ2) is 30.0. The first kappa shape index (κ1) is 73.2. The van der Waals surface area contributed by atoms with Crippen LogP contribution in [0, 0.1) is 41.5 Å².